The van der Waals surface area contributed by atoms with Gasteiger partial charge in [0.05, 0.1) is 0 Å². The number of hydrogen-bond donors (Lipinski definition) is 0. The van der Waals surface area contributed by atoms with Crippen molar-refractivity contribution in [3.05, 3.63) is 30.3 Å². The van der Waals surface area contributed by atoms with E-state index in [-0.39, 0.29) is 0 Å². The molecule has 0 heterocycles. The summed E-state index contributed by atoms with van der Waals surface area (Å²) in [6.45, 7) is 0. The Morgan fingerprint density at radius 3 is 2.59 bits per heavy atom. The average molecular weight is 258 g/mol. The van der Waals surface area contributed by atoms with Crippen LogP contribution in [0.3, 0.4) is 0 Å². The molecule has 1 aromatic rings. The van der Waals surface area contributed by atoms with Crippen LogP contribution in [0.4, 0.5) is 4.39 Å². The van der Waals surface area contributed by atoms with Crippen LogP contribution in [0.1, 0.15) is 25.7 Å². The van der Waals surface area contributed by atoms with Crippen molar-refractivity contribution in [3.63, 3.8) is 0 Å². The molecule has 3 nitrogen and oxygen atoms in total. The van der Waals surface area contributed by atoms with E-state index in [1.807, 2.05) is 6.07 Å². The fraction of sp³-hybridized carbons (Fsp3) is 0.500. The van der Waals surface area contributed by atoms with E-state index >= 15 is 0 Å². The highest BCUT2D eigenvalue weighted by Crippen LogP contribution is 2.25. The maximum Gasteiger partial charge on any atom is 0.360 e. The maximum absolute atomic E-state index is 13.4. The molecule has 0 N–H and O–H groups in total. The summed E-state index contributed by atoms with van der Waals surface area (Å²) in [5.41, 5.74) is 0. The first-order chi connectivity index (χ1) is 8.25. The first-order valence-corrected chi connectivity index (χ1v) is 6.72. The number of hydrogen-bond acceptors (Lipinski definition) is 3. The van der Waals surface area contributed by atoms with Crippen LogP contribution in [-0.2, 0) is 15.5 Å². The minimum absolute atomic E-state index is 0.456. The summed E-state index contributed by atoms with van der Waals surface area (Å²) < 4.78 is 35.1. The Bertz CT molecular complexity index is 371. The van der Waals surface area contributed by atoms with Crippen LogP contribution in [0, 0.1) is 0 Å². The number of rotatable bonds is 4. The van der Waals surface area contributed by atoms with Crippen LogP contribution in [0.5, 0.6) is 5.75 Å². The van der Waals surface area contributed by atoms with Crippen molar-refractivity contribution < 1.29 is 17.0 Å². The molecule has 0 aromatic heterocycles. The fourth-order valence-electron chi connectivity index (χ4n) is 1.84. The van der Waals surface area contributed by atoms with E-state index in [4.69, 9.17) is 8.37 Å². The van der Waals surface area contributed by atoms with Gasteiger partial charge in [-0.25, -0.2) is 4.39 Å². The van der Waals surface area contributed by atoms with Crippen molar-refractivity contribution in [2.45, 2.75) is 38.0 Å². The van der Waals surface area contributed by atoms with Crippen LogP contribution in [0.2, 0.25) is 0 Å². The molecule has 17 heavy (non-hydrogen) atoms. The molecule has 1 aromatic carbocycles. The van der Waals surface area contributed by atoms with Crippen molar-refractivity contribution in [2.24, 2.45) is 0 Å². The number of alkyl halides is 1. The standard InChI is InChI=1S/C12H15FO3S/c13-11-8-4-5-9-12(11)16-17(14)15-10-6-2-1-3-7-10/h1-3,6-7,11-12H,4-5,8-9H2. The number of benzene rings is 1. The molecule has 1 fully saturated rings. The molecular weight excluding hydrogens is 243 g/mol. The number of para-hydroxylation sites is 1. The van der Waals surface area contributed by atoms with Gasteiger partial charge in [-0.1, -0.05) is 31.0 Å². The van der Waals surface area contributed by atoms with Gasteiger partial charge < -0.3 is 4.18 Å². The van der Waals surface area contributed by atoms with E-state index in [2.05, 4.69) is 0 Å². The zero-order valence-corrected chi connectivity index (χ0v) is 10.2. The van der Waals surface area contributed by atoms with E-state index in [9.17, 15) is 8.60 Å². The predicted molar refractivity (Wildman–Crippen MR) is 63.4 cm³/mol. The van der Waals surface area contributed by atoms with E-state index in [0.29, 0.717) is 18.6 Å². The highest BCUT2D eigenvalue weighted by molar-refractivity contribution is 7.75. The molecule has 0 radical (unpaired) electrons. The molecule has 1 saturated carbocycles. The Morgan fingerprint density at radius 1 is 1.18 bits per heavy atom. The molecule has 94 valence electrons. The largest absolute Gasteiger partial charge is 0.380 e. The van der Waals surface area contributed by atoms with Gasteiger partial charge in [-0.15, -0.1) is 0 Å². The lowest BCUT2D eigenvalue weighted by Gasteiger charge is -2.24. The topological polar surface area (TPSA) is 35.5 Å². The van der Waals surface area contributed by atoms with E-state index < -0.39 is 23.6 Å². The molecular formula is C12H15FO3S. The van der Waals surface area contributed by atoms with Crippen LogP contribution < -0.4 is 4.18 Å². The second kappa shape index (κ2) is 6.12. The van der Waals surface area contributed by atoms with Crippen molar-refractivity contribution in [1.29, 1.82) is 0 Å². The summed E-state index contributed by atoms with van der Waals surface area (Å²) in [6, 6.07) is 8.72. The van der Waals surface area contributed by atoms with Crippen molar-refractivity contribution in [1.82, 2.24) is 0 Å². The lowest BCUT2D eigenvalue weighted by atomic mass is 9.96. The van der Waals surface area contributed by atoms with Gasteiger partial charge in [-0.3, -0.25) is 4.18 Å². The van der Waals surface area contributed by atoms with Gasteiger partial charge in [0.15, 0.2) is 0 Å². The second-order valence-electron chi connectivity index (χ2n) is 4.04. The number of halogens is 1. The van der Waals surface area contributed by atoms with E-state index in [0.717, 1.165) is 12.8 Å². The third-order valence-corrected chi connectivity index (χ3v) is 3.46. The Labute approximate surface area is 103 Å². The minimum Gasteiger partial charge on any atom is -0.380 e. The van der Waals surface area contributed by atoms with E-state index in [1.54, 1.807) is 24.3 Å². The molecule has 3 unspecified atom stereocenters. The first-order valence-electron chi connectivity index (χ1n) is 5.72. The molecule has 5 heteroatoms. The average Bonchev–Trinajstić information content (AvgIpc) is 2.33. The summed E-state index contributed by atoms with van der Waals surface area (Å²) in [4.78, 5) is 0. The molecule has 0 amide bonds. The Kier molecular flexibility index (Phi) is 4.50. The second-order valence-corrected chi connectivity index (χ2v) is 4.80. The predicted octanol–water partition coefficient (Wildman–Crippen LogP) is 2.94. The SMILES string of the molecule is O=S(Oc1ccccc1)OC1CCCCC1F. The van der Waals surface area contributed by atoms with Gasteiger partial charge in [-0.2, -0.15) is 4.21 Å². The van der Waals surface area contributed by atoms with Gasteiger partial charge in [0.25, 0.3) is 0 Å². The molecule has 3 atom stereocenters. The minimum atomic E-state index is -1.93. The normalized spacial score (nSPS) is 26.4. The molecule has 0 aliphatic heterocycles. The zero-order chi connectivity index (χ0) is 12.1. The quantitative estimate of drug-likeness (QED) is 0.833. The Hall–Kier alpha value is -0.940. The molecule has 0 saturated heterocycles. The molecule has 1 aliphatic carbocycles. The summed E-state index contributed by atoms with van der Waals surface area (Å²) >= 11 is -1.93. The van der Waals surface area contributed by atoms with Crippen LogP contribution in [0.25, 0.3) is 0 Å². The maximum atomic E-state index is 13.4. The summed E-state index contributed by atoms with van der Waals surface area (Å²) in [5.74, 6) is 0.456. The van der Waals surface area contributed by atoms with Crippen LogP contribution >= 0.6 is 0 Å². The highest BCUT2D eigenvalue weighted by Gasteiger charge is 2.28. The van der Waals surface area contributed by atoms with Gasteiger partial charge in [-0.05, 0) is 25.0 Å². The monoisotopic (exact) mass is 258 g/mol. The zero-order valence-electron chi connectivity index (χ0n) is 9.38. The molecule has 0 bridgehead atoms. The summed E-state index contributed by atoms with van der Waals surface area (Å²) in [7, 11) is 0. The first kappa shape index (κ1) is 12.5. The van der Waals surface area contributed by atoms with Crippen LogP contribution in [-0.4, -0.2) is 16.5 Å². The van der Waals surface area contributed by atoms with Crippen molar-refractivity contribution in [2.75, 3.05) is 0 Å². The Morgan fingerprint density at radius 2 is 1.88 bits per heavy atom. The van der Waals surface area contributed by atoms with Gasteiger partial charge >= 0.3 is 11.4 Å². The van der Waals surface area contributed by atoms with Crippen LogP contribution in [0.15, 0.2) is 30.3 Å². The van der Waals surface area contributed by atoms with Gasteiger partial charge in [0, 0.05) is 0 Å². The lowest BCUT2D eigenvalue weighted by Crippen LogP contribution is -2.30. The smallest absolute Gasteiger partial charge is 0.360 e. The van der Waals surface area contributed by atoms with Gasteiger partial charge in [0.2, 0.25) is 0 Å². The summed E-state index contributed by atoms with van der Waals surface area (Å²) in [5, 5.41) is 0. The Balaban J connectivity index is 1.84. The molecule has 0 spiro atoms. The third-order valence-electron chi connectivity index (χ3n) is 2.73. The fourth-order valence-corrected chi connectivity index (χ4v) is 2.56. The third kappa shape index (κ3) is 3.78. The lowest BCUT2D eigenvalue weighted by molar-refractivity contribution is 0.0683. The molecule has 1 aliphatic rings. The highest BCUT2D eigenvalue weighted by atomic mass is 32.2. The van der Waals surface area contributed by atoms with Crippen molar-refractivity contribution in [3.8, 4) is 5.75 Å². The van der Waals surface area contributed by atoms with E-state index in [1.165, 1.54) is 0 Å². The molecule has 2 rings (SSSR count). The van der Waals surface area contributed by atoms with Gasteiger partial charge in [0.1, 0.15) is 18.0 Å². The summed E-state index contributed by atoms with van der Waals surface area (Å²) in [6.07, 6.45) is 1.22. The van der Waals surface area contributed by atoms with Crippen molar-refractivity contribution >= 4 is 11.4 Å².